The normalized spacial score (nSPS) is 13.4. The van der Waals surface area contributed by atoms with Gasteiger partial charge in [0, 0.05) is 6.21 Å². The van der Waals surface area contributed by atoms with Crippen molar-refractivity contribution in [3.63, 3.8) is 0 Å². The molecule has 0 amide bonds. The zero-order valence-electron chi connectivity index (χ0n) is 7.85. The SMILES string of the molecule is C=C/C(OC)=C(C)\C(C)=C\C=N. The molecule has 0 fully saturated rings. The Morgan fingerprint density at radius 1 is 1.42 bits per heavy atom. The number of nitrogens with one attached hydrogen (secondary N) is 1. The lowest BCUT2D eigenvalue weighted by Crippen LogP contribution is -1.90. The maximum absolute atomic E-state index is 6.89. The van der Waals surface area contributed by atoms with E-state index < -0.39 is 0 Å². The van der Waals surface area contributed by atoms with Crippen molar-refractivity contribution in [1.82, 2.24) is 0 Å². The van der Waals surface area contributed by atoms with Gasteiger partial charge in [-0.1, -0.05) is 6.58 Å². The number of methoxy groups -OCH3 is 1. The molecule has 0 aromatic carbocycles. The van der Waals surface area contributed by atoms with Crippen LogP contribution in [0.15, 0.2) is 35.6 Å². The van der Waals surface area contributed by atoms with E-state index >= 15 is 0 Å². The average Bonchev–Trinajstić information content (AvgIpc) is 2.07. The summed E-state index contributed by atoms with van der Waals surface area (Å²) in [4.78, 5) is 0. The van der Waals surface area contributed by atoms with Gasteiger partial charge in [0.2, 0.25) is 0 Å². The number of rotatable bonds is 4. The molecule has 0 aromatic heterocycles. The average molecular weight is 165 g/mol. The molecule has 0 aliphatic heterocycles. The van der Waals surface area contributed by atoms with E-state index in [1.807, 2.05) is 13.8 Å². The van der Waals surface area contributed by atoms with Crippen LogP contribution in [-0.4, -0.2) is 13.3 Å². The summed E-state index contributed by atoms with van der Waals surface area (Å²) in [6, 6.07) is 0. The fourth-order valence-electron chi connectivity index (χ4n) is 0.834. The summed E-state index contributed by atoms with van der Waals surface area (Å²) in [6.45, 7) is 7.50. The van der Waals surface area contributed by atoms with Crippen LogP contribution in [-0.2, 0) is 4.74 Å². The van der Waals surface area contributed by atoms with E-state index in [9.17, 15) is 0 Å². The highest BCUT2D eigenvalue weighted by atomic mass is 16.5. The molecule has 0 saturated carbocycles. The van der Waals surface area contributed by atoms with Crippen LogP contribution in [0.3, 0.4) is 0 Å². The van der Waals surface area contributed by atoms with Gasteiger partial charge in [-0.3, -0.25) is 0 Å². The van der Waals surface area contributed by atoms with Gasteiger partial charge in [0.25, 0.3) is 0 Å². The zero-order valence-corrected chi connectivity index (χ0v) is 7.85. The highest BCUT2D eigenvalue weighted by molar-refractivity contribution is 5.70. The van der Waals surface area contributed by atoms with E-state index in [4.69, 9.17) is 10.1 Å². The lowest BCUT2D eigenvalue weighted by atomic mass is 10.1. The fraction of sp³-hybridized carbons (Fsp3) is 0.300. The molecular formula is C10H15NO. The first kappa shape index (κ1) is 10.7. The summed E-state index contributed by atoms with van der Waals surface area (Å²) in [5.41, 5.74) is 2.03. The van der Waals surface area contributed by atoms with Gasteiger partial charge in [0.1, 0.15) is 5.76 Å². The van der Waals surface area contributed by atoms with E-state index in [2.05, 4.69) is 6.58 Å². The van der Waals surface area contributed by atoms with Gasteiger partial charge in [0.15, 0.2) is 0 Å². The Kier molecular flexibility index (Phi) is 4.77. The second-order valence-electron chi connectivity index (χ2n) is 2.41. The van der Waals surface area contributed by atoms with E-state index in [0.29, 0.717) is 0 Å². The first-order valence-corrected chi connectivity index (χ1v) is 3.72. The maximum atomic E-state index is 6.89. The van der Waals surface area contributed by atoms with Crippen molar-refractivity contribution in [3.05, 3.63) is 35.6 Å². The van der Waals surface area contributed by atoms with Gasteiger partial charge in [-0.25, -0.2) is 0 Å². The molecule has 0 spiro atoms. The molecule has 0 radical (unpaired) electrons. The Labute approximate surface area is 73.8 Å². The lowest BCUT2D eigenvalue weighted by Gasteiger charge is -2.06. The number of hydrogen-bond donors (Lipinski definition) is 1. The summed E-state index contributed by atoms with van der Waals surface area (Å²) in [5.74, 6) is 0.755. The molecule has 2 heteroatoms. The van der Waals surface area contributed by atoms with Crippen LogP contribution in [0.2, 0.25) is 0 Å². The molecule has 0 aliphatic rings. The van der Waals surface area contributed by atoms with Gasteiger partial charge in [-0.15, -0.1) is 0 Å². The quantitative estimate of drug-likeness (QED) is 0.388. The third kappa shape index (κ3) is 2.74. The minimum Gasteiger partial charge on any atom is -0.497 e. The molecule has 0 atom stereocenters. The van der Waals surface area contributed by atoms with E-state index in [1.54, 1.807) is 19.3 Å². The summed E-state index contributed by atoms with van der Waals surface area (Å²) < 4.78 is 5.07. The molecule has 0 unspecified atom stereocenters. The van der Waals surface area contributed by atoms with E-state index in [1.165, 1.54) is 6.21 Å². The van der Waals surface area contributed by atoms with Crippen molar-refractivity contribution in [2.75, 3.05) is 7.11 Å². The first-order valence-electron chi connectivity index (χ1n) is 3.72. The van der Waals surface area contributed by atoms with Crippen molar-refractivity contribution in [2.24, 2.45) is 0 Å². The Balaban J connectivity index is 4.85. The molecule has 1 N–H and O–H groups in total. The molecule has 0 rings (SSSR count). The van der Waals surface area contributed by atoms with Crippen LogP contribution < -0.4 is 0 Å². The first-order chi connectivity index (χ1) is 5.67. The summed E-state index contributed by atoms with van der Waals surface area (Å²) in [6.07, 6.45) is 4.64. The van der Waals surface area contributed by atoms with Gasteiger partial charge < -0.3 is 10.1 Å². The van der Waals surface area contributed by atoms with Crippen molar-refractivity contribution in [1.29, 1.82) is 5.41 Å². The Hall–Kier alpha value is -1.31. The van der Waals surface area contributed by atoms with Gasteiger partial charge in [-0.2, -0.15) is 0 Å². The monoisotopic (exact) mass is 165 g/mol. The summed E-state index contributed by atoms with van der Waals surface area (Å²) >= 11 is 0. The van der Waals surface area contributed by atoms with Crippen LogP contribution in [0.5, 0.6) is 0 Å². The van der Waals surface area contributed by atoms with Crippen LogP contribution in [0.25, 0.3) is 0 Å². The topological polar surface area (TPSA) is 33.1 Å². The predicted molar refractivity (Wildman–Crippen MR) is 52.4 cm³/mol. The number of ether oxygens (including phenoxy) is 1. The second kappa shape index (κ2) is 5.35. The highest BCUT2D eigenvalue weighted by Crippen LogP contribution is 2.14. The van der Waals surface area contributed by atoms with Crippen molar-refractivity contribution in [2.45, 2.75) is 13.8 Å². The molecule has 2 nitrogen and oxygen atoms in total. The number of hydrogen-bond acceptors (Lipinski definition) is 2. The lowest BCUT2D eigenvalue weighted by molar-refractivity contribution is 0.303. The van der Waals surface area contributed by atoms with Crippen molar-refractivity contribution >= 4 is 6.21 Å². The third-order valence-electron chi connectivity index (χ3n) is 1.70. The summed E-state index contributed by atoms with van der Waals surface area (Å²) in [7, 11) is 1.61. The molecule has 0 bridgehead atoms. The van der Waals surface area contributed by atoms with Crippen LogP contribution in [0, 0.1) is 5.41 Å². The van der Waals surface area contributed by atoms with E-state index in [-0.39, 0.29) is 0 Å². The maximum Gasteiger partial charge on any atom is 0.121 e. The van der Waals surface area contributed by atoms with E-state index in [0.717, 1.165) is 16.9 Å². The Morgan fingerprint density at radius 3 is 2.33 bits per heavy atom. The van der Waals surface area contributed by atoms with Gasteiger partial charge in [0.05, 0.1) is 7.11 Å². The smallest absolute Gasteiger partial charge is 0.121 e. The molecule has 0 saturated heterocycles. The molecule has 12 heavy (non-hydrogen) atoms. The molecule has 0 heterocycles. The molecule has 66 valence electrons. The summed E-state index contributed by atoms with van der Waals surface area (Å²) in [5, 5.41) is 6.89. The van der Waals surface area contributed by atoms with Crippen molar-refractivity contribution in [3.8, 4) is 0 Å². The minimum absolute atomic E-state index is 0.755. The Bertz CT molecular complexity index is 236. The molecule has 0 aromatic rings. The largest absolute Gasteiger partial charge is 0.497 e. The minimum atomic E-state index is 0.755. The highest BCUT2D eigenvalue weighted by Gasteiger charge is 1.98. The van der Waals surface area contributed by atoms with Crippen LogP contribution >= 0.6 is 0 Å². The van der Waals surface area contributed by atoms with Crippen LogP contribution in [0.1, 0.15) is 13.8 Å². The molecule has 0 aliphatic carbocycles. The molecular weight excluding hydrogens is 150 g/mol. The van der Waals surface area contributed by atoms with Gasteiger partial charge in [-0.05, 0) is 37.1 Å². The second-order valence-corrected chi connectivity index (χ2v) is 2.41. The standard InChI is InChI=1S/C10H15NO/c1-5-10(12-4)9(3)8(2)6-7-11/h5-7,11H,1H2,2-4H3/b8-6+,10-9+,11-7?. The number of allylic oxidation sites excluding steroid dienone is 4. The Morgan fingerprint density at radius 2 is 2.00 bits per heavy atom. The predicted octanol–water partition coefficient (Wildman–Crippen LogP) is 2.69. The van der Waals surface area contributed by atoms with Crippen LogP contribution in [0.4, 0.5) is 0 Å². The third-order valence-corrected chi connectivity index (χ3v) is 1.70. The van der Waals surface area contributed by atoms with Gasteiger partial charge >= 0.3 is 0 Å². The van der Waals surface area contributed by atoms with Crippen molar-refractivity contribution < 1.29 is 4.74 Å². The zero-order chi connectivity index (χ0) is 9.56. The fourth-order valence-corrected chi connectivity index (χ4v) is 0.834.